The summed E-state index contributed by atoms with van der Waals surface area (Å²) in [4.78, 5) is 22.4. The molecule has 0 unspecified atom stereocenters. The first-order valence-corrected chi connectivity index (χ1v) is 6.88. The maximum Gasteiger partial charge on any atom is 0.271 e. The zero-order valence-electron chi connectivity index (χ0n) is 11.4. The summed E-state index contributed by atoms with van der Waals surface area (Å²) in [5.74, 6) is -0.455. The van der Waals surface area contributed by atoms with Gasteiger partial charge in [-0.25, -0.2) is 0 Å². The summed E-state index contributed by atoms with van der Waals surface area (Å²) in [6, 6.07) is 3.58. The highest BCUT2D eigenvalue weighted by Crippen LogP contribution is 2.59. The molecule has 1 saturated carbocycles. The third-order valence-corrected chi connectivity index (χ3v) is 4.44. The van der Waals surface area contributed by atoms with Gasteiger partial charge in [0.25, 0.3) is 5.69 Å². The number of rotatable bonds is 3. The van der Waals surface area contributed by atoms with E-state index in [9.17, 15) is 20.0 Å². The number of phenols is 1. The lowest BCUT2D eigenvalue weighted by Gasteiger charge is -2.22. The van der Waals surface area contributed by atoms with Gasteiger partial charge in [-0.05, 0) is 30.7 Å². The second kappa shape index (κ2) is 5.00. The van der Waals surface area contributed by atoms with Crippen LogP contribution in [0.15, 0.2) is 18.2 Å². The van der Waals surface area contributed by atoms with E-state index in [2.05, 4.69) is 5.32 Å². The SMILES string of the molecule is O=C(Nc1cc([N+](=O)[O-])ccc1O)[C@H]1CC12CCOCC2. The van der Waals surface area contributed by atoms with E-state index >= 15 is 0 Å². The summed E-state index contributed by atoms with van der Waals surface area (Å²) in [6.45, 7) is 1.34. The third-order valence-electron chi connectivity index (χ3n) is 4.44. The van der Waals surface area contributed by atoms with Crippen molar-refractivity contribution in [3.8, 4) is 5.75 Å². The number of hydrogen-bond donors (Lipinski definition) is 2. The lowest BCUT2D eigenvalue weighted by molar-refractivity contribution is -0.384. The van der Waals surface area contributed by atoms with Crippen molar-refractivity contribution < 1.29 is 19.6 Å². The zero-order valence-corrected chi connectivity index (χ0v) is 11.4. The molecule has 0 radical (unpaired) electrons. The number of carbonyl (C=O) groups is 1. The number of benzene rings is 1. The van der Waals surface area contributed by atoms with Gasteiger partial charge in [0.2, 0.25) is 5.91 Å². The Morgan fingerprint density at radius 1 is 1.43 bits per heavy atom. The Hall–Kier alpha value is -2.15. The molecule has 0 aromatic heterocycles. The first-order chi connectivity index (χ1) is 10.0. The quantitative estimate of drug-likeness (QED) is 0.504. The minimum Gasteiger partial charge on any atom is -0.506 e. The largest absolute Gasteiger partial charge is 0.506 e. The standard InChI is InChI=1S/C14H16N2O5/c17-12-2-1-9(16(19)20)7-11(12)15-13(18)10-8-14(10)3-5-21-6-4-14/h1-2,7,10,17H,3-6,8H2,(H,15,18)/t10-/m1/s1. The van der Waals surface area contributed by atoms with E-state index in [1.807, 2.05) is 0 Å². The van der Waals surface area contributed by atoms with Crippen LogP contribution < -0.4 is 5.32 Å². The predicted molar refractivity (Wildman–Crippen MR) is 74.0 cm³/mol. The number of non-ortho nitro benzene ring substituents is 1. The van der Waals surface area contributed by atoms with Crippen molar-refractivity contribution in [2.75, 3.05) is 18.5 Å². The number of nitro groups is 1. The maximum atomic E-state index is 12.2. The molecule has 1 aromatic rings. The van der Waals surface area contributed by atoms with Crippen LogP contribution in [0.2, 0.25) is 0 Å². The summed E-state index contributed by atoms with van der Waals surface area (Å²) < 4.78 is 5.31. The smallest absolute Gasteiger partial charge is 0.271 e. The Balaban J connectivity index is 1.71. The first kappa shape index (κ1) is 13.8. The van der Waals surface area contributed by atoms with E-state index in [0.717, 1.165) is 19.3 Å². The van der Waals surface area contributed by atoms with Crippen LogP contribution in [-0.4, -0.2) is 29.2 Å². The average molecular weight is 292 g/mol. The Kier molecular flexibility index (Phi) is 3.29. The van der Waals surface area contributed by atoms with Crippen LogP contribution in [0.1, 0.15) is 19.3 Å². The number of ether oxygens (including phenoxy) is 1. The molecule has 7 heteroatoms. The summed E-state index contributed by atoms with van der Waals surface area (Å²) in [6.07, 6.45) is 2.55. The Morgan fingerprint density at radius 2 is 2.14 bits per heavy atom. The highest BCUT2D eigenvalue weighted by molar-refractivity contribution is 5.96. The van der Waals surface area contributed by atoms with E-state index < -0.39 is 4.92 Å². The van der Waals surface area contributed by atoms with Crippen molar-refractivity contribution in [3.05, 3.63) is 28.3 Å². The van der Waals surface area contributed by atoms with E-state index in [0.29, 0.717) is 13.2 Å². The number of amides is 1. The number of nitrogens with one attached hydrogen (secondary N) is 1. The minimum absolute atomic E-state index is 0.0265. The summed E-state index contributed by atoms with van der Waals surface area (Å²) in [5.41, 5.74) is -0.0541. The van der Waals surface area contributed by atoms with Gasteiger partial charge in [0.05, 0.1) is 10.6 Å². The van der Waals surface area contributed by atoms with Crippen LogP contribution >= 0.6 is 0 Å². The molecule has 1 aromatic carbocycles. The normalized spacial score (nSPS) is 22.8. The second-order valence-electron chi connectivity index (χ2n) is 5.68. The van der Waals surface area contributed by atoms with Gasteiger partial charge in [-0.1, -0.05) is 0 Å². The molecule has 1 aliphatic heterocycles. The highest BCUT2D eigenvalue weighted by Gasteiger charge is 2.58. The number of hydrogen-bond acceptors (Lipinski definition) is 5. The predicted octanol–water partition coefficient (Wildman–Crippen LogP) is 2.06. The van der Waals surface area contributed by atoms with E-state index in [1.165, 1.54) is 18.2 Å². The number of nitrogens with zero attached hydrogens (tertiary/aromatic N) is 1. The van der Waals surface area contributed by atoms with Gasteiger partial charge < -0.3 is 15.2 Å². The topological polar surface area (TPSA) is 102 Å². The number of aromatic hydroxyl groups is 1. The first-order valence-electron chi connectivity index (χ1n) is 6.88. The molecule has 2 aliphatic rings. The van der Waals surface area contributed by atoms with Crippen molar-refractivity contribution in [1.29, 1.82) is 0 Å². The molecule has 1 spiro atoms. The van der Waals surface area contributed by atoms with Crippen molar-refractivity contribution in [3.63, 3.8) is 0 Å². The number of phenolic OH excluding ortho intramolecular Hbond substituents is 1. The van der Waals surface area contributed by atoms with Crippen molar-refractivity contribution in [2.24, 2.45) is 11.3 Å². The molecule has 112 valence electrons. The summed E-state index contributed by atoms with van der Waals surface area (Å²) in [7, 11) is 0. The second-order valence-corrected chi connectivity index (χ2v) is 5.68. The molecule has 1 amide bonds. The highest BCUT2D eigenvalue weighted by atomic mass is 16.6. The van der Waals surface area contributed by atoms with Crippen LogP contribution in [0, 0.1) is 21.4 Å². The molecule has 3 rings (SSSR count). The Morgan fingerprint density at radius 3 is 2.81 bits per heavy atom. The zero-order chi connectivity index (χ0) is 15.0. The van der Waals surface area contributed by atoms with E-state index in [1.54, 1.807) is 0 Å². The van der Waals surface area contributed by atoms with Crippen molar-refractivity contribution >= 4 is 17.3 Å². The number of carbonyl (C=O) groups excluding carboxylic acids is 1. The van der Waals surface area contributed by atoms with E-state index in [-0.39, 0.29) is 34.4 Å². The van der Waals surface area contributed by atoms with Gasteiger partial charge in [0.15, 0.2) is 0 Å². The summed E-state index contributed by atoms with van der Waals surface area (Å²) >= 11 is 0. The Bertz CT molecular complexity index is 595. The van der Waals surface area contributed by atoms with E-state index in [4.69, 9.17) is 4.74 Å². The lowest BCUT2D eigenvalue weighted by Crippen LogP contribution is -2.24. The average Bonchev–Trinajstić information content (AvgIpc) is 3.15. The Labute approximate surface area is 121 Å². The van der Waals surface area contributed by atoms with Gasteiger partial charge in [-0.2, -0.15) is 0 Å². The van der Waals surface area contributed by atoms with Crippen LogP contribution in [0.4, 0.5) is 11.4 Å². The maximum absolute atomic E-state index is 12.2. The fourth-order valence-corrected chi connectivity index (χ4v) is 3.01. The molecular weight excluding hydrogens is 276 g/mol. The number of anilines is 1. The fourth-order valence-electron chi connectivity index (χ4n) is 3.01. The monoisotopic (exact) mass is 292 g/mol. The van der Waals surface area contributed by atoms with Crippen LogP contribution in [0.3, 0.4) is 0 Å². The molecule has 7 nitrogen and oxygen atoms in total. The van der Waals surface area contributed by atoms with Gasteiger partial charge >= 0.3 is 0 Å². The molecule has 0 bridgehead atoms. The molecule has 1 atom stereocenters. The molecule has 2 N–H and O–H groups in total. The number of nitro benzene ring substituents is 1. The fraction of sp³-hybridized carbons (Fsp3) is 0.500. The van der Waals surface area contributed by atoms with Gasteiger partial charge in [0, 0.05) is 31.3 Å². The molecular formula is C14H16N2O5. The molecule has 1 heterocycles. The van der Waals surface area contributed by atoms with Crippen molar-refractivity contribution in [2.45, 2.75) is 19.3 Å². The molecule has 2 fully saturated rings. The third kappa shape index (κ3) is 2.56. The summed E-state index contributed by atoms with van der Waals surface area (Å²) in [5, 5.41) is 23.1. The van der Waals surface area contributed by atoms with Gasteiger partial charge in [-0.3, -0.25) is 14.9 Å². The lowest BCUT2D eigenvalue weighted by atomic mass is 9.93. The molecule has 1 aliphatic carbocycles. The van der Waals surface area contributed by atoms with Crippen LogP contribution in [0.25, 0.3) is 0 Å². The van der Waals surface area contributed by atoms with Gasteiger partial charge in [-0.15, -0.1) is 0 Å². The van der Waals surface area contributed by atoms with Crippen LogP contribution in [0.5, 0.6) is 5.75 Å². The van der Waals surface area contributed by atoms with Gasteiger partial charge in [0.1, 0.15) is 5.75 Å². The molecule has 1 saturated heterocycles. The molecule has 21 heavy (non-hydrogen) atoms. The minimum atomic E-state index is -0.563. The van der Waals surface area contributed by atoms with Crippen LogP contribution in [-0.2, 0) is 9.53 Å². The van der Waals surface area contributed by atoms with Crippen molar-refractivity contribution in [1.82, 2.24) is 0 Å².